The number of hydrogen-bond acceptors (Lipinski definition) is 4. The Morgan fingerprint density at radius 2 is 2.00 bits per heavy atom. The maximum Gasteiger partial charge on any atom is 0.323 e. The van der Waals surface area contributed by atoms with Gasteiger partial charge in [-0.3, -0.25) is 13.9 Å². The molecule has 2 rings (SSSR count). The van der Waals surface area contributed by atoms with E-state index < -0.39 is 16.0 Å². The summed E-state index contributed by atoms with van der Waals surface area (Å²) in [5.41, 5.74) is 1.75. The third kappa shape index (κ3) is 4.05. The number of carbonyl (C=O) groups excluding carboxylic acids is 1. The van der Waals surface area contributed by atoms with Crippen LogP contribution in [0.4, 0.5) is 5.69 Å². The molecule has 132 valence electrons. The lowest BCUT2D eigenvalue weighted by atomic mass is 10.1. The third-order valence-electron chi connectivity index (χ3n) is 3.78. The summed E-state index contributed by atoms with van der Waals surface area (Å²) < 4.78 is 24.8. The van der Waals surface area contributed by atoms with E-state index >= 15 is 0 Å². The van der Waals surface area contributed by atoms with E-state index in [-0.39, 0.29) is 18.4 Å². The molecular weight excluding hydrogens is 332 g/mol. The van der Waals surface area contributed by atoms with Crippen molar-refractivity contribution in [2.45, 2.75) is 20.3 Å². The van der Waals surface area contributed by atoms with Crippen LogP contribution in [0, 0.1) is 5.92 Å². The van der Waals surface area contributed by atoms with Gasteiger partial charge in [0.2, 0.25) is 10.0 Å². The fourth-order valence-corrected chi connectivity index (χ4v) is 3.81. The predicted molar refractivity (Wildman–Crippen MR) is 90.7 cm³/mol. The molecule has 0 aliphatic carbocycles. The summed E-state index contributed by atoms with van der Waals surface area (Å²) in [6, 6.07) is 4.84. The molecule has 0 spiro atoms. The Morgan fingerprint density at radius 1 is 1.33 bits per heavy atom. The molecule has 0 radical (unpaired) electrons. The van der Waals surface area contributed by atoms with E-state index in [1.165, 1.54) is 9.21 Å². The van der Waals surface area contributed by atoms with Crippen molar-refractivity contribution in [3.8, 4) is 0 Å². The third-order valence-corrected chi connectivity index (χ3v) is 4.96. The second-order valence-corrected chi connectivity index (χ2v) is 8.31. The Kier molecular flexibility index (Phi) is 5.17. The minimum absolute atomic E-state index is 0.142. The van der Waals surface area contributed by atoms with Crippen LogP contribution in [-0.2, 0) is 21.2 Å². The van der Waals surface area contributed by atoms with Gasteiger partial charge in [0, 0.05) is 18.7 Å². The predicted octanol–water partition coefficient (Wildman–Crippen LogP) is 1.19. The normalized spacial score (nSPS) is 13.9. The van der Waals surface area contributed by atoms with Crippen molar-refractivity contribution < 1.29 is 23.1 Å². The minimum atomic E-state index is -3.34. The largest absolute Gasteiger partial charge is 0.480 e. The summed E-state index contributed by atoms with van der Waals surface area (Å²) in [5, 5.41) is 9.00. The molecule has 24 heavy (non-hydrogen) atoms. The lowest BCUT2D eigenvalue weighted by Gasteiger charge is -2.23. The van der Waals surface area contributed by atoms with Crippen molar-refractivity contribution in [2.75, 3.05) is 30.2 Å². The fraction of sp³-hybridized carbons (Fsp3) is 0.500. The molecule has 0 saturated heterocycles. The van der Waals surface area contributed by atoms with Gasteiger partial charge in [-0.15, -0.1) is 0 Å². The van der Waals surface area contributed by atoms with E-state index in [9.17, 15) is 18.0 Å². The van der Waals surface area contributed by atoms with Gasteiger partial charge in [0.15, 0.2) is 0 Å². The van der Waals surface area contributed by atoms with Gasteiger partial charge >= 0.3 is 5.97 Å². The molecule has 7 nitrogen and oxygen atoms in total. The maximum atomic E-state index is 12.6. The Bertz CT molecular complexity index is 758. The van der Waals surface area contributed by atoms with Crippen molar-refractivity contribution in [1.29, 1.82) is 0 Å². The van der Waals surface area contributed by atoms with Crippen LogP contribution in [0.3, 0.4) is 0 Å². The molecule has 8 heteroatoms. The molecule has 0 bridgehead atoms. The number of amides is 1. The topological polar surface area (TPSA) is 95.0 Å². The molecule has 1 aliphatic rings. The Labute approximate surface area is 141 Å². The Hall–Kier alpha value is -2.09. The first kappa shape index (κ1) is 18.3. The van der Waals surface area contributed by atoms with Gasteiger partial charge in [-0.1, -0.05) is 13.8 Å². The van der Waals surface area contributed by atoms with Gasteiger partial charge < -0.3 is 10.0 Å². The summed E-state index contributed by atoms with van der Waals surface area (Å²) in [5.74, 6) is -1.27. The molecule has 0 unspecified atom stereocenters. The first-order valence-electron chi connectivity index (χ1n) is 7.71. The number of rotatable bonds is 6. The van der Waals surface area contributed by atoms with Gasteiger partial charge in [0.05, 0.1) is 11.9 Å². The maximum absolute atomic E-state index is 12.6. The average Bonchev–Trinajstić information content (AvgIpc) is 2.87. The molecule has 1 aliphatic heterocycles. The van der Waals surface area contributed by atoms with Crippen molar-refractivity contribution in [1.82, 2.24) is 4.90 Å². The van der Waals surface area contributed by atoms with Crippen LogP contribution in [0.5, 0.6) is 0 Å². The zero-order chi connectivity index (χ0) is 18.1. The summed E-state index contributed by atoms with van der Waals surface area (Å²) in [6.45, 7) is 4.17. The molecule has 1 aromatic rings. The molecule has 0 saturated carbocycles. The highest BCUT2D eigenvalue weighted by atomic mass is 32.2. The summed E-state index contributed by atoms with van der Waals surface area (Å²) in [7, 11) is -3.34. The van der Waals surface area contributed by atoms with Crippen LogP contribution < -0.4 is 4.31 Å². The Balaban J connectivity index is 2.29. The van der Waals surface area contributed by atoms with Crippen molar-refractivity contribution >= 4 is 27.6 Å². The number of carboxylic acid groups (broad SMARTS) is 1. The van der Waals surface area contributed by atoms with Crippen LogP contribution in [0.2, 0.25) is 0 Å². The lowest BCUT2D eigenvalue weighted by molar-refractivity contribution is -0.137. The van der Waals surface area contributed by atoms with Gasteiger partial charge in [-0.25, -0.2) is 8.42 Å². The smallest absolute Gasteiger partial charge is 0.323 e. The highest BCUT2D eigenvalue weighted by molar-refractivity contribution is 7.92. The summed E-state index contributed by atoms with van der Waals surface area (Å²) in [4.78, 5) is 24.9. The molecule has 0 aromatic heterocycles. The number of carboxylic acids is 1. The second kappa shape index (κ2) is 6.80. The number of nitrogens with zero attached hydrogens (tertiary/aromatic N) is 2. The average molecular weight is 354 g/mol. The number of fused-ring (bicyclic) bond motifs is 1. The molecule has 1 heterocycles. The molecule has 1 aromatic carbocycles. The number of anilines is 1. The van der Waals surface area contributed by atoms with E-state index in [0.29, 0.717) is 30.8 Å². The van der Waals surface area contributed by atoms with Crippen molar-refractivity contribution in [2.24, 2.45) is 5.92 Å². The Morgan fingerprint density at radius 3 is 2.54 bits per heavy atom. The molecule has 1 amide bonds. The van der Waals surface area contributed by atoms with E-state index in [0.717, 1.165) is 11.8 Å². The van der Waals surface area contributed by atoms with Crippen LogP contribution in [-0.4, -0.2) is 56.2 Å². The monoisotopic (exact) mass is 354 g/mol. The lowest BCUT2D eigenvalue weighted by Crippen LogP contribution is -2.38. The highest BCUT2D eigenvalue weighted by Gasteiger charge is 2.28. The number of sulfonamides is 1. The van der Waals surface area contributed by atoms with Crippen LogP contribution in [0.25, 0.3) is 0 Å². The van der Waals surface area contributed by atoms with Gasteiger partial charge in [0.1, 0.15) is 6.54 Å². The van der Waals surface area contributed by atoms with Crippen molar-refractivity contribution in [3.05, 3.63) is 29.3 Å². The number of aliphatic carboxylic acids is 1. The highest BCUT2D eigenvalue weighted by Crippen LogP contribution is 2.31. The van der Waals surface area contributed by atoms with E-state index in [2.05, 4.69) is 0 Å². The zero-order valence-electron chi connectivity index (χ0n) is 14.0. The molecule has 0 fully saturated rings. The quantitative estimate of drug-likeness (QED) is 0.828. The standard InChI is InChI=1S/C16H22N2O5S/c1-11(2)9-17(10-15(19)20)16(21)13-4-5-14-12(8-13)6-7-18(14)24(3,22)23/h4-5,8,11H,6-7,9-10H2,1-3H3,(H,19,20). The van der Waals surface area contributed by atoms with Crippen LogP contribution in [0.15, 0.2) is 18.2 Å². The van der Waals surface area contributed by atoms with E-state index in [1.807, 2.05) is 13.8 Å². The molecular formula is C16H22N2O5S. The van der Waals surface area contributed by atoms with Crippen LogP contribution >= 0.6 is 0 Å². The van der Waals surface area contributed by atoms with Crippen LogP contribution in [0.1, 0.15) is 29.8 Å². The minimum Gasteiger partial charge on any atom is -0.480 e. The number of benzene rings is 1. The molecule has 1 N–H and O–H groups in total. The summed E-state index contributed by atoms with van der Waals surface area (Å²) >= 11 is 0. The van der Waals surface area contributed by atoms with Gasteiger partial charge in [-0.2, -0.15) is 0 Å². The summed E-state index contributed by atoms with van der Waals surface area (Å²) in [6.07, 6.45) is 1.69. The van der Waals surface area contributed by atoms with E-state index in [4.69, 9.17) is 5.11 Å². The van der Waals surface area contributed by atoms with E-state index in [1.54, 1.807) is 18.2 Å². The first-order valence-corrected chi connectivity index (χ1v) is 9.56. The van der Waals surface area contributed by atoms with Crippen molar-refractivity contribution in [3.63, 3.8) is 0 Å². The second-order valence-electron chi connectivity index (χ2n) is 6.40. The fourth-order valence-electron chi connectivity index (χ4n) is 2.85. The number of carbonyl (C=O) groups is 2. The van der Waals surface area contributed by atoms with Gasteiger partial charge in [-0.05, 0) is 36.1 Å². The van der Waals surface area contributed by atoms with Gasteiger partial charge in [0.25, 0.3) is 5.91 Å². The first-order chi connectivity index (χ1) is 11.1. The molecule has 0 atom stereocenters. The number of hydrogen-bond donors (Lipinski definition) is 1. The SMILES string of the molecule is CC(C)CN(CC(=O)O)C(=O)c1ccc2c(c1)CCN2S(C)(=O)=O. The zero-order valence-corrected chi connectivity index (χ0v) is 14.8.